The maximum atomic E-state index is 13.2. The van der Waals surface area contributed by atoms with Crippen LogP contribution in [0.1, 0.15) is 26.4 Å². The summed E-state index contributed by atoms with van der Waals surface area (Å²) in [6.07, 6.45) is 2.49. The number of nitrogens with one attached hydrogen (secondary N) is 1. The second kappa shape index (κ2) is 9.08. The summed E-state index contributed by atoms with van der Waals surface area (Å²) in [4.78, 5) is 21.2. The lowest BCUT2D eigenvalue weighted by atomic mass is 10.0. The second-order valence-electron chi connectivity index (χ2n) is 7.06. The van der Waals surface area contributed by atoms with Gasteiger partial charge in [0.05, 0.1) is 10.6 Å². The Morgan fingerprint density at radius 3 is 2.60 bits per heavy atom. The third-order valence-electron chi connectivity index (χ3n) is 4.84. The first-order valence-electron chi connectivity index (χ1n) is 9.30. The zero-order chi connectivity index (χ0) is 21.3. The Morgan fingerprint density at radius 2 is 1.87 bits per heavy atom. The Kier molecular flexibility index (Phi) is 6.46. The van der Waals surface area contributed by atoms with Crippen LogP contribution in [0, 0.1) is 0 Å². The molecule has 4 rings (SSSR count). The van der Waals surface area contributed by atoms with Crippen LogP contribution in [0.5, 0.6) is 0 Å². The predicted molar refractivity (Wildman–Crippen MR) is 127 cm³/mol. The van der Waals surface area contributed by atoms with Crippen molar-refractivity contribution in [2.45, 2.75) is 13.0 Å². The van der Waals surface area contributed by atoms with Crippen molar-refractivity contribution in [3.05, 3.63) is 79.1 Å². The van der Waals surface area contributed by atoms with Gasteiger partial charge in [-0.25, -0.2) is 4.99 Å². The van der Waals surface area contributed by atoms with Gasteiger partial charge in [-0.2, -0.15) is 0 Å². The average Bonchev–Trinajstić information content (AvgIpc) is 3.06. The first kappa shape index (κ1) is 21.3. The van der Waals surface area contributed by atoms with Crippen LogP contribution in [0.15, 0.2) is 47.5 Å². The topological polar surface area (TPSA) is 44.7 Å². The molecule has 0 fully saturated rings. The van der Waals surface area contributed by atoms with Crippen LogP contribution in [-0.4, -0.2) is 30.6 Å². The van der Waals surface area contributed by atoms with E-state index in [4.69, 9.17) is 34.8 Å². The van der Waals surface area contributed by atoms with Crippen molar-refractivity contribution >= 4 is 68.9 Å². The maximum Gasteiger partial charge on any atom is 0.259 e. The molecule has 0 radical (unpaired) electrons. The van der Waals surface area contributed by atoms with Gasteiger partial charge in [-0.3, -0.25) is 4.79 Å². The highest BCUT2D eigenvalue weighted by atomic mass is 35.5. The molecule has 0 bridgehead atoms. The molecule has 8 heteroatoms. The Balaban J connectivity index is 1.69. The SMILES string of the molecule is CN1CCc2c(sc(/N=C/c3ccc(Cl)cc3Cl)c2C(=O)Nc2ccc(Cl)cc2)C1. The highest BCUT2D eigenvalue weighted by molar-refractivity contribution is 7.16. The summed E-state index contributed by atoms with van der Waals surface area (Å²) in [5.74, 6) is -0.172. The molecule has 0 saturated carbocycles. The fraction of sp³-hybridized carbons (Fsp3) is 0.182. The summed E-state index contributed by atoms with van der Waals surface area (Å²) in [7, 11) is 2.08. The molecule has 1 amide bonds. The van der Waals surface area contributed by atoms with Crippen LogP contribution < -0.4 is 5.32 Å². The lowest BCUT2D eigenvalue weighted by Crippen LogP contribution is -2.26. The number of hydrogen-bond acceptors (Lipinski definition) is 4. The van der Waals surface area contributed by atoms with Gasteiger partial charge in [-0.15, -0.1) is 11.3 Å². The van der Waals surface area contributed by atoms with Gasteiger partial charge in [0.1, 0.15) is 5.00 Å². The van der Waals surface area contributed by atoms with Gasteiger partial charge >= 0.3 is 0 Å². The van der Waals surface area contributed by atoms with Crippen LogP contribution >= 0.6 is 46.1 Å². The first-order chi connectivity index (χ1) is 14.4. The zero-order valence-electron chi connectivity index (χ0n) is 16.1. The van der Waals surface area contributed by atoms with Crippen molar-refractivity contribution in [2.75, 3.05) is 18.9 Å². The summed E-state index contributed by atoms with van der Waals surface area (Å²) >= 11 is 19.7. The average molecular weight is 479 g/mol. The van der Waals surface area contributed by atoms with E-state index in [1.807, 2.05) is 6.07 Å². The molecule has 0 spiro atoms. The molecule has 154 valence electrons. The Morgan fingerprint density at radius 1 is 1.13 bits per heavy atom. The third-order valence-corrected chi connectivity index (χ3v) is 6.78. The van der Waals surface area contributed by atoms with Gasteiger partial charge < -0.3 is 10.2 Å². The number of rotatable bonds is 4. The lowest BCUT2D eigenvalue weighted by molar-refractivity contribution is 0.102. The van der Waals surface area contributed by atoms with Gasteiger partial charge in [0.25, 0.3) is 5.91 Å². The Bertz CT molecular complexity index is 1130. The number of likely N-dealkylation sites (N-methyl/N-ethyl adjacent to an activating group) is 1. The fourth-order valence-corrected chi connectivity index (χ4v) is 5.16. The van der Waals surface area contributed by atoms with Gasteiger partial charge in [-0.1, -0.05) is 40.9 Å². The van der Waals surface area contributed by atoms with E-state index in [9.17, 15) is 4.79 Å². The number of carbonyl (C=O) groups is 1. The summed E-state index contributed by atoms with van der Waals surface area (Å²) in [5, 5.41) is 5.34. The monoisotopic (exact) mass is 477 g/mol. The van der Waals surface area contributed by atoms with E-state index in [0.717, 1.165) is 30.6 Å². The maximum absolute atomic E-state index is 13.2. The number of fused-ring (bicyclic) bond motifs is 1. The molecule has 1 aliphatic heterocycles. The normalized spacial score (nSPS) is 14.1. The number of aliphatic imine (C=N–C) groups is 1. The Labute approximate surface area is 194 Å². The number of nitrogens with zero attached hydrogens (tertiary/aromatic N) is 2. The van der Waals surface area contributed by atoms with E-state index in [1.54, 1.807) is 53.9 Å². The largest absolute Gasteiger partial charge is 0.322 e. The second-order valence-corrected chi connectivity index (χ2v) is 9.42. The van der Waals surface area contributed by atoms with Crippen LogP contribution in [0.2, 0.25) is 15.1 Å². The van der Waals surface area contributed by atoms with Crippen LogP contribution in [0.25, 0.3) is 0 Å². The van der Waals surface area contributed by atoms with E-state index >= 15 is 0 Å². The minimum absolute atomic E-state index is 0.172. The third kappa shape index (κ3) is 4.71. The summed E-state index contributed by atoms with van der Waals surface area (Å²) < 4.78 is 0. The molecular formula is C22H18Cl3N3OS. The van der Waals surface area contributed by atoms with Gasteiger partial charge in [-0.05, 0) is 55.4 Å². The van der Waals surface area contributed by atoms with E-state index in [0.29, 0.717) is 31.3 Å². The molecule has 0 aliphatic carbocycles. The van der Waals surface area contributed by atoms with E-state index in [-0.39, 0.29) is 5.91 Å². The standard InChI is InChI=1S/C22H18Cl3N3OS/c1-28-9-8-17-19(12-28)30-22(26-11-13-2-3-15(24)10-18(13)25)20(17)21(29)27-16-6-4-14(23)5-7-16/h2-7,10-11H,8-9,12H2,1H3,(H,27,29)/b26-11+. The molecule has 1 N–H and O–H groups in total. The van der Waals surface area contributed by atoms with Gasteiger partial charge in [0.2, 0.25) is 0 Å². The molecule has 2 aromatic carbocycles. The predicted octanol–water partition coefficient (Wildman–Crippen LogP) is 6.70. The molecule has 0 unspecified atom stereocenters. The lowest BCUT2D eigenvalue weighted by Gasteiger charge is -2.22. The number of thiophene rings is 1. The van der Waals surface area contributed by atoms with Crippen molar-refractivity contribution in [2.24, 2.45) is 4.99 Å². The van der Waals surface area contributed by atoms with Crippen molar-refractivity contribution < 1.29 is 4.79 Å². The summed E-state index contributed by atoms with van der Waals surface area (Å²) in [6, 6.07) is 12.3. The van der Waals surface area contributed by atoms with Crippen LogP contribution in [0.3, 0.4) is 0 Å². The van der Waals surface area contributed by atoms with Crippen molar-refractivity contribution in [1.82, 2.24) is 4.90 Å². The molecule has 3 aromatic rings. The van der Waals surface area contributed by atoms with Crippen molar-refractivity contribution in [3.8, 4) is 0 Å². The number of hydrogen-bond donors (Lipinski definition) is 1. The van der Waals surface area contributed by atoms with Gasteiger partial charge in [0.15, 0.2) is 0 Å². The molecule has 1 aliphatic rings. The molecule has 1 aromatic heterocycles. The quantitative estimate of drug-likeness (QED) is 0.424. The number of halogens is 3. The highest BCUT2D eigenvalue weighted by Gasteiger charge is 2.27. The number of carbonyl (C=O) groups excluding carboxylic acids is 1. The van der Waals surface area contributed by atoms with E-state index in [1.165, 1.54) is 4.88 Å². The number of benzene rings is 2. The fourth-order valence-electron chi connectivity index (χ4n) is 3.30. The molecular weight excluding hydrogens is 461 g/mol. The zero-order valence-corrected chi connectivity index (χ0v) is 19.2. The van der Waals surface area contributed by atoms with Crippen molar-refractivity contribution in [3.63, 3.8) is 0 Å². The van der Waals surface area contributed by atoms with Crippen LogP contribution in [-0.2, 0) is 13.0 Å². The first-order valence-corrected chi connectivity index (χ1v) is 11.2. The van der Waals surface area contributed by atoms with Gasteiger partial charge in [0, 0.05) is 45.5 Å². The van der Waals surface area contributed by atoms with E-state index < -0.39 is 0 Å². The minimum Gasteiger partial charge on any atom is -0.322 e. The van der Waals surface area contributed by atoms with Crippen molar-refractivity contribution in [1.29, 1.82) is 0 Å². The number of anilines is 1. The van der Waals surface area contributed by atoms with E-state index in [2.05, 4.69) is 22.3 Å². The molecule has 4 nitrogen and oxygen atoms in total. The summed E-state index contributed by atoms with van der Waals surface area (Å²) in [5.41, 5.74) is 3.12. The molecule has 2 heterocycles. The number of amides is 1. The smallest absolute Gasteiger partial charge is 0.259 e. The highest BCUT2D eigenvalue weighted by Crippen LogP contribution is 2.39. The molecule has 0 atom stereocenters. The molecule has 0 saturated heterocycles. The minimum atomic E-state index is -0.172. The molecule has 30 heavy (non-hydrogen) atoms. The van der Waals surface area contributed by atoms with Crippen LogP contribution in [0.4, 0.5) is 10.7 Å². The Hall–Kier alpha value is -1.89. The summed E-state index contributed by atoms with van der Waals surface area (Å²) in [6.45, 7) is 1.70.